The van der Waals surface area contributed by atoms with E-state index in [4.69, 9.17) is 5.11 Å². The second-order valence-corrected chi connectivity index (χ2v) is 5.87. The number of nitrogens with zero attached hydrogens (tertiary/aromatic N) is 1. The van der Waals surface area contributed by atoms with Gasteiger partial charge in [0.25, 0.3) is 0 Å². The summed E-state index contributed by atoms with van der Waals surface area (Å²) in [4.78, 5) is 36.1. The number of amides is 2. The molecular formula is C13H22N2O4. The summed E-state index contributed by atoms with van der Waals surface area (Å²) in [6.45, 7) is 5.58. The molecule has 2 N–H and O–H groups in total. The summed E-state index contributed by atoms with van der Waals surface area (Å²) in [6, 6.07) is -0.757. The van der Waals surface area contributed by atoms with E-state index in [2.05, 4.69) is 5.32 Å². The third-order valence-electron chi connectivity index (χ3n) is 3.19. The van der Waals surface area contributed by atoms with Crippen molar-refractivity contribution in [3.63, 3.8) is 0 Å². The van der Waals surface area contributed by atoms with Gasteiger partial charge in [-0.05, 0) is 19.3 Å². The van der Waals surface area contributed by atoms with Crippen LogP contribution in [0.4, 0.5) is 0 Å². The standard InChI is InChI=1S/C13H22N2O4/c1-13(2,3)12(19)14-8-10(16)15-7-5-4-6-9(15)11(17)18/h9H,4-8H2,1-3H3,(H,14,19)(H,17,18)/t9-/m0/s1. The van der Waals surface area contributed by atoms with Gasteiger partial charge in [0.2, 0.25) is 11.8 Å². The van der Waals surface area contributed by atoms with E-state index in [0.717, 1.165) is 12.8 Å². The molecule has 6 heteroatoms. The summed E-state index contributed by atoms with van der Waals surface area (Å²) in [5, 5.41) is 11.6. The lowest BCUT2D eigenvalue weighted by molar-refractivity contribution is -0.152. The zero-order valence-electron chi connectivity index (χ0n) is 11.7. The van der Waals surface area contributed by atoms with Crippen LogP contribution in [0.15, 0.2) is 0 Å². The number of carbonyl (C=O) groups is 3. The number of aliphatic carboxylic acids is 1. The molecule has 6 nitrogen and oxygen atoms in total. The van der Waals surface area contributed by atoms with Gasteiger partial charge in [0.1, 0.15) is 6.04 Å². The van der Waals surface area contributed by atoms with Crippen LogP contribution >= 0.6 is 0 Å². The number of piperidine rings is 1. The highest BCUT2D eigenvalue weighted by Crippen LogP contribution is 2.17. The first-order chi connectivity index (χ1) is 8.73. The van der Waals surface area contributed by atoms with Gasteiger partial charge >= 0.3 is 5.97 Å². The first kappa shape index (κ1) is 15.5. The number of carboxylic acid groups (broad SMARTS) is 1. The van der Waals surface area contributed by atoms with Gasteiger partial charge in [-0.3, -0.25) is 9.59 Å². The minimum Gasteiger partial charge on any atom is -0.480 e. The van der Waals surface area contributed by atoms with Crippen molar-refractivity contribution >= 4 is 17.8 Å². The lowest BCUT2D eigenvalue weighted by Crippen LogP contribution is -2.51. The minimum absolute atomic E-state index is 0.139. The lowest BCUT2D eigenvalue weighted by atomic mass is 9.96. The lowest BCUT2D eigenvalue weighted by Gasteiger charge is -2.33. The van der Waals surface area contributed by atoms with E-state index in [1.807, 2.05) is 0 Å². The van der Waals surface area contributed by atoms with Crippen LogP contribution in [0.25, 0.3) is 0 Å². The molecule has 1 atom stereocenters. The van der Waals surface area contributed by atoms with Gasteiger partial charge in [0.05, 0.1) is 6.54 Å². The highest BCUT2D eigenvalue weighted by atomic mass is 16.4. The largest absolute Gasteiger partial charge is 0.480 e. The number of likely N-dealkylation sites (tertiary alicyclic amines) is 1. The Balaban J connectivity index is 2.57. The second-order valence-electron chi connectivity index (χ2n) is 5.87. The van der Waals surface area contributed by atoms with Gasteiger partial charge in [-0.1, -0.05) is 20.8 Å². The Hall–Kier alpha value is -1.59. The molecule has 1 rings (SSSR count). The van der Waals surface area contributed by atoms with E-state index < -0.39 is 17.4 Å². The maximum Gasteiger partial charge on any atom is 0.326 e. The first-order valence-electron chi connectivity index (χ1n) is 6.54. The second kappa shape index (κ2) is 6.04. The van der Waals surface area contributed by atoms with Gasteiger partial charge in [-0.25, -0.2) is 4.79 Å². The SMILES string of the molecule is CC(C)(C)C(=O)NCC(=O)N1CCCC[C@H]1C(=O)O. The van der Waals surface area contributed by atoms with Crippen molar-refractivity contribution in [3.05, 3.63) is 0 Å². The molecule has 0 bridgehead atoms. The van der Waals surface area contributed by atoms with Gasteiger partial charge in [-0.2, -0.15) is 0 Å². The van der Waals surface area contributed by atoms with Crippen molar-refractivity contribution in [1.29, 1.82) is 0 Å². The van der Waals surface area contributed by atoms with Crippen molar-refractivity contribution in [2.45, 2.75) is 46.1 Å². The molecule has 19 heavy (non-hydrogen) atoms. The molecule has 1 aliphatic heterocycles. The third kappa shape index (κ3) is 4.22. The predicted molar refractivity (Wildman–Crippen MR) is 69.5 cm³/mol. The summed E-state index contributed by atoms with van der Waals surface area (Å²) in [5.41, 5.74) is -0.561. The number of hydrogen-bond acceptors (Lipinski definition) is 3. The van der Waals surface area contributed by atoms with Crippen LogP contribution in [-0.4, -0.2) is 46.9 Å². The fourth-order valence-corrected chi connectivity index (χ4v) is 2.01. The molecule has 0 radical (unpaired) electrons. The van der Waals surface area contributed by atoms with E-state index in [-0.39, 0.29) is 18.4 Å². The quantitative estimate of drug-likeness (QED) is 0.787. The monoisotopic (exact) mass is 270 g/mol. The van der Waals surface area contributed by atoms with Gasteiger partial charge in [-0.15, -0.1) is 0 Å². The molecule has 0 aliphatic carbocycles. The van der Waals surface area contributed by atoms with E-state index >= 15 is 0 Å². The first-order valence-corrected chi connectivity index (χ1v) is 6.54. The molecule has 0 saturated carbocycles. The summed E-state index contributed by atoms with van der Waals surface area (Å²) < 4.78 is 0. The van der Waals surface area contributed by atoms with Crippen molar-refractivity contribution in [3.8, 4) is 0 Å². The molecule has 1 fully saturated rings. The van der Waals surface area contributed by atoms with E-state index in [1.165, 1.54) is 4.90 Å². The highest BCUT2D eigenvalue weighted by Gasteiger charge is 2.32. The number of rotatable bonds is 3. The smallest absolute Gasteiger partial charge is 0.326 e. The van der Waals surface area contributed by atoms with E-state index in [0.29, 0.717) is 13.0 Å². The van der Waals surface area contributed by atoms with Gasteiger partial charge in [0.15, 0.2) is 0 Å². The van der Waals surface area contributed by atoms with Gasteiger partial charge in [0, 0.05) is 12.0 Å². The third-order valence-corrected chi connectivity index (χ3v) is 3.19. The highest BCUT2D eigenvalue weighted by molar-refractivity contribution is 5.89. The minimum atomic E-state index is -0.977. The summed E-state index contributed by atoms with van der Waals surface area (Å²) >= 11 is 0. The number of carbonyl (C=O) groups excluding carboxylic acids is 2. The Morgan fingerprint density at radius 1 is 1.26 bits per heavy atom. The maximum atomic E-state index is 12.0. The average molecular weight is 270 g/mol. The van der Waals surface area contributed by atoms with Crippen molar-refractivity contribution in [2.24, 2.45) is 5.41 Å². The molecule has 0 aromatic rings. The van der Waals surface area contributed by atoms with E-state index in [9.17, 15) is 14.4 Å². The van der Waals surface area contributed by atoms with Crippen LogP contribution < -0.4 is 5.32 Å². The van der Waals surface area contributed by atoms with Crippen LogP contribution in [-0.2, 0) is 14.4 Å². The number of hydrogen-bond donors (Lipinski definition) is 2. The Morgan fingerprint density at radius 3 is 2.42 bits per heavy atom. The zero-order chi connectivity index (χ0) is 14.6. The van der Waals surface area contributed by atoms with Crippen LogP contribution in [0.1, 0.15) is 40.0 Å². The van der Waals surface area contributed by atoms with Gasteiger partial charge < -0.3 is 15.3 Å². The Bertz CT molecular complexity index is 373. The van der Waals surface area contributed by atoms with Crippen LogP contribution in [0, 0.1) is 5.41 Å². The molecule has 0 aromatic heterocycles. The molecule has 0 spiro atoms. The number of carboxylic acids is 1. The topological polar surface area (TPSA) is 86.7 Å². The Kier molecular flexibility index (Phi) is 4.91. The normalized spacial score (nSPS) is 19.9. The molecular weight excluding hydrogens is 248 g/mol. The fourth-order valence-electron chi connectivity index (χ4n) is 2.01. The maximum absolute atomic E-state index is 12.0. The Labute approximate surface area is 113 Å². The van der Waals surface area contributed by atoms with Crippen molar-refractivity contribution in [2.75, 3.05) is 13.1 Å². The fraction of sp³-hybridized carbons (Fsp3) is 0.769. The van der Waals surface area contributed by atoms with Crippen LogP contribution in [0.3, 0.4) is 0 Å². The van der Waals surface area contributed by atoms with E-state index in [1.54, 1.807) is 20.8 Å². The summed E-state index contributed by atoms with van der Waals surface area (Å²) in [5.74, 6) is -1.52. The zero-order valence-corrected chi connectivity index (χ0v) is 11.7. The summed E-state index contributed by atoms with van der Waals surface area (Å²) in [6.07, 6.45) is 2.10. The molecule has 1 aliphatic rings. The van der Waals surface area contributed by atoms with Crippen LogP contribution in [0.5, 0.6) is 0 Å². The Morgan fingerprint density at radius 2 is 1.89 bits per heavy atom. The molecule has 1 saturated heterocycles. The molecule has 1 heterocycles. The van der Waals surface area contributed by atoms with Crippen molar-refractivity contribution < 1.29 is 19.5 Å². The summed E-state index contributed by atoms with van der Waals surface area (Å²) in [7, 11) is 0. The van der Waals surface area contributed by atoms with Crippen LogP contribution in [0.2, 0.25) is 0 Å². The molecule has 0 unspecified atom stereocenters. The van der Waals surface area contributed by atoms with Crippen molar-refractivity contribution in [1.82, 2.24) is 10.2 Å². The predicted octanol–water partition coefficient (Wildman–Crippen LogP) is 0.614. The molecule has 0 aromatic carbocycles. The number of nitrogens with one attached hydrogen (secondary N) is 1. The molecule has 108 valence electrons. The molecule has 2 amide bonds. The average Bonchev–Trinajstić information content (AvgIpc) is 2.34.